The van der Waals surface area contributed by atoms with E-state index < -0.39 is 39.0 Å². The number of hydrogen-bond acceptors (Lipinski definition) is 5. The Kier molecular flexibility index (Phi) is 5.32. The van der Waals surface area contributed by atoms with Crippen molar-refractivity contribution >= 4 is 21.2 Å². The highest BCUT2D eigenvalue weighted by atomic mass is 31.3. The maximum absolute atomic E-state index is 11.9. The number of rotatable bonds is 6. The number of phosphoric acid groups is 1. The SMILES string of the molecule is C[C@@H](CP(=O)(OP(=O)(O)O)[C@@H](C)N)C(=O)O. The van der Waals surface area contributed by atoms with Gasteiger partial charge in [-0.15, -0.1) is 0 Å². The molecule has 0 rings (SSSR count). The molecular formula is C6H15NO7P2. The minimum atomic E-state index is -4.96. The van der Waals surface area contributed by atoms with Crippen LogP contribution in [0, 0.1) is 5.92 Å². The highest BCUT2D eigenvalue weighted by molar-refractivity contribution is 7.67. The molecule has 0 aliphatic rings. The van der Waals surface area contributed by atoms with Gasteiger partial charge >= 0.3 is 13.8 Å². The topological polar surface area (TPSA) is 147 Å². The molecule has 0 saturated heterocycles. The van der Waals surface area contributed by atoms with Crippen molar-refractivity contribution in [2.75, 3.05) is 6.16 Å². The molecule has 0 radical (unpaired) electrons. The molecule has 0 fully saturated rings. The Bertz CT molecular complexity index is 349. The summed E-state index contributed by atoms with van der Waals surface area (Å²) in [6, 6.07) is 0. The zero-order chi connectivity index (χ0) is 13.1. The second-order valence-corrected chi connectivity index (χ2v) is 7.73. The lowest BCUT2D eigenvalue weighted by Gasteiger charge is -2.23. The average Bonchev–Trinajstić information content (AvgIpc) is 1.99. The Labute approximate surface area is 92.5 Å². The van der Waals surface area contributed by atoms with E-state index in [1.54, 1.807) is 0 Å². The third-order valence-corrected chi connectivity index (χ3v) is 6.07. The molecule has 5 N–H and O–H groups in total. The fourth-order valence-electron chi connectivity index (χ4n) is 0.914. The summed E-state index contributed by atoms with van der Waals surface area (Å²) in [5.74, 6) is -3.46. The molecule has 0 aliphatic carbocycles. The van der Waals surface area contributed by atoms with Crippen LogP contribution in [0.25, 0.3) is 0 Å². The van der Waals surface area contributed by atoms with Gasteiger partial charge in [0.05, 0.1) is 11.7 Å². The van der Waals surface area contributed by atoms with Crippen molar-refractivity contribution in [3.05, 3.63) is 0 Å². The van der Waals surface area contributed by atoms with Crippen LogP contribution in [0.3, 0.4) is 0 Å². The van der Waals surface area contributed by atoms with Crippen molar-refractivity contribution < 1.29 is 33.1 Å². The van der Waals surface area contributed by atoms with Crippen molar-refractivity contribution in [2.45, 2.75) is 19.6 Å². The van der Waals surface area contributed by atoms with Crippen molar-refractivity contribution in [1.29, 1.82) is 0 Å². The summed E-state index contributed by atoms with van der Waals surface area (Å²) in [5, 5.41) is 8.61. The average molecular weight is 275 g/mol. The van der Waals surface area contributed by atoms with Gasteiger partial charge in [-0.2, -0.15) is 0 Å². The molecule has 0 amide bonds. The van der Waals surface area contributed by atoms with E-state index in [1.165, 1.54) is 13.8 Å². The zero-order valence-corrected chi connectivity index (χ0v) is 10.6. The lowest BCUT2D eigenvalue weighted by Crippen LogP contribution is -2.24. The number of aliphatic carboxylic acids is 1. The van der Waals surface area contributed by atoms with Gasteiger partial charge in [-0.3, -0.25) is 9.36 Å². The minimum Gasteiger partial charge on any atom is -0.481 e. The van der Waals surface area contributed by atoms with Crippen LogP contribution in [0.1, 0.15) is 13.8 Å². The molecule has 0 aromatic heterocycles. The van der Waals surface area contributed by atoms with Crippen LogP contribution in [0.4, 0.5) is 0 Å². The first kappa shape index (κ1) is 15.8. The van der Waals surface area contributed by atoms with E-state index in [9.17, 15) is 13.9 Å². The normalized spacial score (nSPS) is 19.8. The molecule has 0 heterocycles. The largest absolute Gasteiger partial charge is 0.481 e. The van der Waals surface area contributed by atoms with Gasteiger partial charge in [0.25, 0.3) is 0 Å². The molecule has 0 aromatic carbocycles. The first-order chi connectivity index (χ1) is 6.98. The Hall–Kier alpha value is -0.230. The molecule has 1 unspecified atom stereocenters. The molecule has 0 aromatic rings. The first-order valence-corrected chi connectivity index (χ1v) is 7.73. The van der Waals surface area contributed by atoms with E-state index in [4.69, 9.17) is 20.6 Å². The highest BCUT2D eigenvalue weighted by Gasteiger charge is 2.38. The monoisotopic (exact) mass is 275 g/mol. The summed E-state index contributed by atoms with van der Waals surface area (Å²) >= 11 is 0. The Balaban J connectivity index is 4.93. The van der Waals surface area contributed by atoms with Gasteiger partial charge in [0.1, 0.15) is 0 Å². The first-order valence-electron chi connectivity index (χ1n) is 4.32. The smallest absolute Gasteiger partial charge is 0.475 e. The summed E-state index contributed by atoms with van der Waals surface area (Å²) in [7, 11) is -8.85. The van der Waals surface area contributed by atoms with Crippen LogP contribution in [0.2, 0.25) is 0 Å². The number of carbonyl (C=O) groups is 1. The molecule has 3 atom stereocenters. The molecule has 8 nitrogen and oxygen atoms in total. The fraction of sp³-hybridized carbons (Fsp3) is 0.833. The van der Waals surface area contributed by atoms with Gasteiger partial charge in [-0.1, -0.05) is 6.92 Å². The summed E-state index contributed by atoms with van der Waals surface area (Å²) in [4.78, 5) is 27.7. The van der Waals surface area contributed by atoms with Gasteiger partial charge in [0.15, 0.2) is 0 Å². The summed E-state index contributed by atoms with van der Waals surface area (Å²) < 4.78 is 26.7. The number of carboxylic acid groups (broad SMARTS) is 1. The molecule has 0 spiro atoms. The van der Waals surface area contributed by atoms with Crippen LogP contribution in [0.15, 0.2) is 0 Å². The van der Waals surface area contributed by atoms with Crippen LogP contribution in [-0.4, -0.2) is 32.8 Å². The molecule has 0 bridgehead atoms. The maximum Gasteiger partial charge on any atom is 0.475 e. The predicted molar refractivity (Wildman–Crippen MR) is 56.1 cm³/mol. The standard InChI is InChI=1S/C6H15NO7P2/c1-4(6(8)9)3-15(10,5(2)7)14-16(11,12)13/h4-5H,3,7H2,1-2H3,(H,8,9)(H2,11,12,13)/t4-,5-,15?/m0/s1. The molecule has 0 saturated carbocycles. The Morgan fingerprint density at radius 2 is 1.81 bits per heavy atom. The molecule has 10 heteroatoms. The third kappa shape index (κ3) is 5.21. The quantitative estimate of drug-likeness (QED) is 0.509. The summed E-state index contributed by atoms with van der Waals surface area (Å²) in [6.45, 7) is 2.49. The van der Waals surface area contributed by atoms with E-state index in [-0.39, 0.29) is 0 Å². The van der Waals surface area contributed by atoms with Crippen molar-refractivity contribution in [1.82, 2.24) is 0 Å². The Morgan fingerprint density at radius 1 is 1.38 bits per heavy atom. The second kappa shape index (κ2) is 5.40. The van der Waals surface area contributed by atoms with E-state index in [2.05, 4.69) is 4.31 Å². The lowest BCUT2D eigenvalue weighted by atomic mass is 10.2. The molecule has 96 valence electrons. The third-order valence-electron chi connectivity index (χ3n) is 1.82. The van der Waals surface area contributed by atoms with Gasteiger partial charge < -0.3 is 20.6 Å². The highest BCUT2D eigenvalue weighted by Crippen LogP contribution is 2.62. The minimum absolute atomic E-state index is 0.523. The number of carboxylic acids is 1. The van der Waals surface area contributed by atoms with E-state index >= 15 is 0 Å². The predicted octanol–water partition coefficient (Wildman–Crippen LogP) is 0.399. The summed E-state index contributed by atoms with van der Waals surface area (Å²) in [5.41, 5.74) is 5.30. The summed E-state index contributed by atoms with van der Waals surface area (Å²) in [6.07, 6.45) is -0.523. The van der Waals surface area contributed by atoms with E-state index in [0.717, 1.165) is 0 Å². The van der Waals surface area contributed by atoms with Crippen LogP contribution >= 0.6 is 15.2 Å². The number of hydrogen-bond donors (Lipinski definition) is 4. The van der Waals surface area contributed by atoms with Gasteiger partial charge in [0.2, 0.25) is 7.37 Å². The van der Waals surface area contributed by atoms with E-state index in [1.807, 2.05) is 0 Å². The lowest BCUT2D eigenvalue weighted by molar-refractivity contribution is -0.140. The zero-order valence-electron chi connectivity index (χ0n) is 8.81. The van der Waals surface area contributed by atoms with Gasteiger partial charge in [-0.25, -0.2) is 8.88 Å². The van der Waals surface area contributed by atoms with Crippen molar-refractivity contribution in [3.63, 3.8) is 0 Å². The molecular weight excluding hydrogens is 260 g/mol. The van der Waals surface area contributed by atoms with Crippen molar-refractivity contribution in [2.24, 2.45) is 11.7 Å². The second-order valence-electron chi connectivity index (χ2n) is 3.46. The van der Waals surface area contributed by atoms with Crippen LogP contribution in [0.5, 0.6) is 0 Å². The van der Waals surface area contributed by atoms with Crippen LogP contribution in [-0.2, 0) is 18.2 Å². The van der Waals surface area contributed by atoms with Gasteiger partial charge in [-0.05, 0) is 6.92 Å². The Morgan fingerprint density at radius 3 is 2.06 bits per heavy atom. The molecule has 16 heavy (non-hydrogen) atoms. The fourth-order valence-corrected chi connectivity index (χ4v) is 4.47. The van der Waals surface area contributed by atoms with E-state index in [0.29, 0.717) is 0 Å². The van der Waals surface area contributed by atoms with Crippen molar-refractivity contribution in [3.8, 4) is 0 Å². The maximum atomic E-state index is 11.9. The number of nitrogens with two attached hydrogens (primary N) is 1. The van der Waals surface area contributed by atoms with Gasteiger partial charge in [0, 0.05) is 6.16 Å². The molecule has 0 aliphatic heterocycles. The van der Waals surface area contributed by atoms with Crippen LogP contribution < -0.4 is 5.73 Å².